The molecule has 0 aliphatic carbocycles. The average molecular weight is 571 g/mol. The molecule has 0 amide bonds. The molecule has 1 aliphatic rings. The van der Waals surface area contributed by atoms with Crippen molar-refractivity contribution >= 4 is 61.6 Å². The van der Waals surface area contributed by atoms with Crippen molar-refractivity contribution in [3.8, 4) is 0 Å². The number of carbonyl (C=O) groups is 1. The minimum Gasteiger partial charge on any atom is -0.475 e. The average Bonchev–Trinajstić information content (AvgIpc) is 3.46. The van der Waals surface area contributed by atoms with Crippen LogP contribution in [0.1, 0.15) is 6.92 Å². The van der Waals surface area contributed by atoms with E-state index in [4.69, 9.17) is 9.90 Å². The molecule has 0 fully saturated rings. The summed E-state index contributed by atoms with van der Waals surface area (Å²) < 4.78 is 70.8. The Labute approximate surface area is 217 Å². The fourth-order valence-electron chi connectivity index (χ4n) is 3.51. The van der Waals surface area contributed by atoms with Crippen molar-refractivity contribution < 1.29 is 35.9 Å². The molecule has 3 heterocycles. The molecule has 2 aromatic heterocycles. The summed E-state index contributed by atoms with van der Waals surface area (Å²) in [4.78, 5) is 20.0. The van der Waals surface area contributed by atoms with Crippen LogP contribution in [0.15, 0.2) is 58.6 Å². The van der Waals surface area contributed by atoms with Gasteiger partial charge in [-0.15, -0.1) is 11.8 Å². The fourth-order valence-corrected chi connectivity index (χ4v) is 6.75. The van der Waals surface area contributed by atoms with Crippen molar-refractivity contribution in [1.29, 1.82) is 0 Å². The Morgan fingerprint density at radius 1 is 1.24 bits per heavy atom. The molecule has 200 valence electrons. The number of rotatable bonds is 5. The van der Waals surface area contributed by atoms with Gasteiger partial charge >= 0.3 is 12.1 Å². The molecule has 2 aromatic carbocycles. The number of anilines is 4. The molecule has 4 aromatic rings. The smallest absolute Gasteiger partial charge is 0.475 e. The predicted molar refractivity (Wildman–Crippen MR) is 132 cm³/mol. The number of H-pyrrole nitrogens is 1. The highest BCUT2D eigenvalue weighted by Gasteiger charge is 2.38. The molecule has 0 spiro atoms. The van der Waals surface area contributed by atoms with E-state index in [9.17, 15) is 26.0 Å². The summed E-state index contributed by atoms with van der Waals surface area (Å²) in [5, 5.41) is 18.0. The zero-order valence-electron chi connectivity index (χ0n) is 19.3. The number of hydrogen-bond donors (Lipinski definition) is 3. The molecular weight excluding hydrogens is 552 g/mol. The molecule has 0 saturated carbocycles. The number of carboxylic acid groups (broad SMARTS) is 1. The van der Waals surface area contributed by atoms with Crippen molar-refractivity contribution in [2.45, 2.75) is 22.9 Å². The number of benzene rings is 2. The number of sulfone groups is 1. The molecule has 38 heavy (non-hydrogen) atoms. The number of halogens is 4. The van der Waals surface area contributed by atoms with Gasteiger partial charge in [0, 0.05) is 22.5 Å². The Hall–Kier alpha value is -3.92. The first kappa shape index (κ1) is 27.1. The van der Waals surface area contributed by atoms with E-state index in [1.807, 2.05) is 25.1 Å². The Kier molecular flexibility index (Phi) is 7.46. The van der Waals surface area contributed by atoms with Gasteiger partial charge in [0.2, 0.25) is 5.95 Å². The lowest BCUT2D eigenvalue weighted by Gasteiger charge is -2.23. The molecule has 1 aliphatic heterocycles. The van der Waals surface area contributed by atoms with Gasteiger partial charge in [0.1, 0.15) is 5.08 Å². The van der Waals surface area contributed by atoms with Gasteiger partial charge in [0.05, 0.1) is 28.5 Å². The maximum Gasteiger partial charge on any atom is 0.490 e. The lowest BCUT2D eigenvalue weighted by atomic mass is 10.2. The Balaban J connectivity index is 0.000000426. The van der Waals surface area contributed by atoms with E-state index in [-0.39, 0.29) is 21.7 Å². The first-order valence-corrected chi connectivity index (χ1v) is 13.3. The standard InChI is InChI=1S/C20H17FN6O2S2.C2HF3O2/c1-2-27(16-5-3-4-15-13(16)9-23-26-15)19-14(21)10-22-20(25-19)24-12-6-7-17-18(8-12)31(28,29)11-30-17;3-2(4,5)1(6)7/h3-10H,2,11H2,1H3,(H,23,26)(H,22,24,25);(H,6,7). The van der Waals surface area contributed by atoms with Crippen LogP contribution in [0.3, 0.4) is 0 Å². The number of alkyl halides is 3. The number of nitrogens with one attached hydrogen (secondary N) is 2. The molecule has 0 atom stereocenters. The number of hydrogen-bond acceptors (Lipinski definition) is 9. The van der Waals surface area contributed by atoms with Crippen LogP contribution in [0.4, 0.5) is 40.7 Å². The highest BCUT2D eigenvalue weighted by atomic mass is 32.3. The zero-order valence-corrected chi connectivity index (χ0v) is 21.0. The second-order valence-corrected chi connectivity index (χ2v) is 11.0. The first-order valence-electron chi connectivity index (χ1n) is 10.7. The van der Waals surface area contributed by atoms with Crippen molar-refractivity contribution in [2.75, 3.05) is 21.8 Å². The number of nitrogens with zero attached hydrogens (tertiary/aromatic N) is 4. The van der Waals surface area contributed by atoms with Crippen LogP contribution in [0.2, 0.25) is 0 Å². The monoisotopic (exact) mass is 570 g/mol. The molecule has 5 rings (SSSR count). The third-order valence-corrected chi connectivity index (χ3v) is 8.71. The van der Waals surface area contributed by atoms with Gasteiger partial charge in [-0.1, -0.05) is 6.07 Å². The highest BCUT2D eigenvalue weighted by Crippen LogP contribution is 2.39. The lowest BCUT2D eigenvalue weighted by Crippen LogP contribution is -2.21. The van der Waals surface area contributed by atoms with Gasteiger partial charge in [-0.3, -0.25) is 5.10 Å². The van der Waals surface area contributed by atoms with E-state index in [1.165, 1.54) is 11.8 Å². The Bertz CT molecular complexity index is 1610. The number of fused-ring (bicyclic) bond motifs is 2. The summed E-state index contributed by atoms with van der Waals surface area (Å²) in [7, 11) is -3.30. The van der Waals surface area contributed by atoms with Crippen LogP contribution in [0, 0.1) is 5.82 Å². The van der Waals surface area contributed by atoms with Gasteiger partial charge in [0.15, 0.2) is 21.5 Å². The third kappa shape index (κ3) is 5.65. The van der Waals surface area contributed by atoms with Crippen molar-refractivity contribution in [1.82, 2.24) is 20.2 Å². The number of aromatic amines is 1. The molecule has 0 unspecified atom stereocenters. The van der Waals surface area contributed by atoms with Crippen molar-refractivity contribution in [2.24, 2.45) is 0 Å². The molecule has 0 radical (unpaired) electrons. The largest absolute Gasteiger partial charge is 0.490 e. The summed E-state index contributed by atoms with van der Waals surface area (Å²) in [5.74, 6) is -3.05. The molecule has 10 nitrogen and oxygen atoms in total. The normalized spacial score (nSPS) is 13.9. The number of aliphatic carboxylic acids is 1. The van der Waals surface area contributed by atoms with E-state index in [2.05, 4.69) is 25.5 Å². The minimum atomic E-state index is -5.08. The second kappa shape index (κ2) is 10.4. The molecule has 3 N–H and O–H groups in total. The fraction of sp³-hybridized carbons (Fsp3) is 0.182. The van der Waals surface area contributed by atoms with E-state index in [0.29, 0.717) is 12.2 Å². The zero-order chi connectivity index (χ0) is 27.7. The van der Waals surface area contributed by atoms with Crippen LogP contribution >= 0.6 is 11.8 Å². The van der Waals surface area contributed by atoms with Gasteiger partial charge in [0.25, 0.3) is 0 Å². The minimum absolute atomic E-state index is 0.0357. The Morgan fingerprint density at radius 2 is 1.97 bits per heavy atom. The van der Waals surface area contributed by atoms with Crippen LogP contribution in [-0.4, -0.2) is 57.5 Å². The van der Waals surface area contributed by atoms with Crippen molar-refractivity contribution in [3.05, 3.63) is 54.6 Å². The first-order chi connectivity index (χ1) is 17.9. The lowest BCUT2D eigenvalue weighted by molar-refractivity contribution is -0.192. The summed E-state index contributed by atoms with van der Waals surface area (Å²) in [6, 6.07) is 10.7. The van der Waals surface area contributed by atoms with Crippen LogP contribution in [0.25, 0.3) is 10.9 Å². The van der Waals surface area contributed by atoms with Crippen LogP contribution in [-0.2, 0) is 14.6 Å². The topological polar surface area (TPSA) is 141 Å². The van der Waals surface area contributed by atoms with Gasteiger partial charge in [-0.2, -0.15) is 23.3 Å². The van der Waals surface area contributed by atoms with Crippen molar-refractivity contribution in [3.63, 3.8) is 0 Å². The molecule has 16 heteroatoms. The van der Waals surface area contributed by atoms with Crippen LogP contribution < -0.4 is 10.2 Å². The number of thioether (sulfide) groups is 1. The maximum absolute atomic E-state index is 14.7. The maximum atomic E-state index is 14.7. The number of carboxylic acids is 1. The molecule has 0 bridgehead atoms. The third-order valence-electron chi connectivity index (χ3n) is 5.20. The SMILES string of the molecule is CCN(c1nc(Nc2ccc3c(c2)S(=O)(=O)CS3)ncc1F)c1cccc2[nH]ncc12.O=C(O)C(F)(F)F. The van der Waals surface area contributed by atoms with Gasteiger partial charge in [-0.25, -0.2) is 22.6 Å². The second-order valence-electron chi connectivity index (χ2n) is 7.68. The summed E-state index contributed by atoms with van der Waals surface area (Å²) in [6.07, 6.45) is -2.29. The highest BCUT2D eigenvalue weighted by molar-refractivity contribution is 8.15. The van der Waals surface area contributed by atoms with Gasteiger partial charge in [-0.05, 0) is 37.3 Å². The predicted octanol–water partition coefficient (Wildman–Crippen LogP) is 4.86. The summed E-state index contributed by atoms with van der Waals surface area (Å²) in [5.41, 5.74) is 2.11. The number of aromatic nitrogens is 4. The summed E-state index contributed by atoms with van der Waals surface area (Å²) in [6.45, 7) is 2.36. The van der Waals surface area contributed by atoms with E-state index >= 15 is 0 Å². The summed E-state index contributed by atoms with van der Waals surface area (Å²) >= 11 is 1.29. The molecular formula is C22H18F4N6O4S2. The van der Waals surface area contributed by atoms with Gasteiger partial charge < -0.3 is 15.3 Å². The van der Waals surface area contributed by atoms with E-state index < -0.39 is 27.8 Å². The Morgan fingerprint density at radius 3 is 2.66 bits per heavy atom. The van der Waals surface area contributed by atoms with Crippen LogP contribution in [0.5, 0.6) is 0 Å². The van der Waals surface area contributed by atoms with E-state index in [0.717, 1.165) is 27.7 Å². The quantitative estimate of drug-likeness (QED) is 0.285. The molecule has 0 saturated heterocycles. The van der Waals surface area contributed by atoms with E-state index in [1.54, 1.807) is 29.3 Å².